The van der Waals surface area contributed by atoms with Crippen molar-refractivity contribution in [1.29, 1.82) is 0 Å². The van der Waals surface area contributed by atoms with E-state index in [0.29, 0.717) is 12.3 Å². The number of nitro benzene ring substituents is 1. The van der Waals surface area contributed by atoms with Crippen LogP contribution < -0.4 is 24.4 Å². The molecule has 184 valence electrons. The van der Waals surface area contributed by atoms with Gasteiger partial charge in [-0.05, 0) is 53.9 Å². The number of quaternary nitrogens is 1. The third-order valence-corrected chi connectivity index (χ3v) is 7.30. The van der Waals surface area contributed by atoms with Crippen LogP contribution in [0.5, 0.6) is 17.2 Å². The minimum atomic E-state index is -0.393. The Morgan fingerprint density at radius 2 is 1.89 bits per heavy atom. The van der Waals surface area contributed by atoms with Gasteiger partial charge in [0.25, 0.3) is 5.69 Å². The van der Waals surface area contributed by atoms with E-state index in [1.807, 2.05) is 24.3 Å². The smallest absolute Gasteiger partial charge is 0.269 e. The lowest BCUT2D eigenvalue weighted by atomic mass is 9.91. The van der Waals surface area contributed by atoms with Crippen LogP contribution in [0.2, 0.25) is 0 Å². The summed E-state index contributed by atoms with van der Waals surface area (Å²) in [6, 6.07) is 16.7. The molecule has 0 aromatic heterocycles. The lowest BCUT2D eigenvalue weighted by Gasteiger charge is -2.30. The molecule has 2 heterocycles. The Labute approximate surface area is 213 Å². The Hall–Kier alpha value is -3.87. The summed E-state index contributed by atoms with van der Waals surface area (Å²) in [4.78, 5) is 13.7. The van der Waals surface area contributed by atoms with Gasteiger partial charge in [0.05, 0.1) is 37.7 Å². The molecule has 0 fully saturated rings. The van der Waals surface area contributed by atoms with Crippen molar-refractivity contribution in [3.63, 3.8) is 0 Å². The van der Waals surface area contributed by atoms with Crippen molar-refractivity contribution in [2.24, 2.45) is 0 Å². The highest BCUT2D eigenvalue weighted by Crippen LogP contribution is 2.47. The number of methoxy groups -OCH3 is 1. The Bertz CT molecular complexity index is 1330. The molecule has 36 heavy (non-hydrogen) atoms. The first kappa shape index (κ1) is 23.9. The third kappa shape index (κ3) is 4.91. The maximum Gasteiger partial charge on any atom is 0.269 e. The van der Waals surface area contributed by atoms with Crippen molar-refractivity contribution in [3.8, 4) is 29.1 Å². The van der Waals surface area contributed by atoms with Gasteiger partial charge >= 0.3 is 0 Å². The Kier molecular flexibility index (Phi) is 6.89. The molecule has 0 saturated heterocycles. The van der Waals surface area contributed by atoms with Crippen molar-refractivity contribution in [3.05, 3.63) is 75.8 Å². The van der Waals surface area contributed by atoms with E-state index >= 15 is 0 Å². The minimum Gasteiger partial charge on any atom is -0.492 e. The highest BCUT2D eigenvalue weighted by molar-refractivity contribution is 7.99. The van der Waals surface area contributed by atoms with Gasteiger partial charge in [0.15, 0.2) is 17.5 Å². The molecule has 2 aliphatic heterocycles. The second kappa shape index (κ2) is 10.4. The summed E-state index contributed by atoms with van der Waals surface area (Å²) in [7, 11) is 3.82. The standard InChI is InChI=1S/C27H25N3O5S/c1-29-15-13-18-16-24-26(35-17-34-24)27(33-2)25(18)23(29)4-3-14-28-19-5-9-21(10-6-19)36-22-11-7-20(8-12-22)30(31)32/h5-12,16,23,28H,13-15,17H2,1-2H3/p+1/t23-/m1/s1. The first-order valence-electron chi connectivity index (χ1n) is 11.6. The maximum absolute atomic E-state index is 10.8. The van der Waals surface area contributed by atoms with Crippen molar-refractivity contribution in [1.82, 2.24) is 0 Å². The predicted octanol–water partition coefficient (Wildman–Crippen LogP) is 3.71. The number of anilines is 1. The summed E-state index contributed by atoms with van der Waals surface area (Å²) in [6.07, 6.45) is 0.939. The second-order valence-corrected chi connectivity index (χ2v) is 9.69. The summed E-state index contributed by atoms with van der Waals surface area (Å²) in [5.41, 5.74) is 3.36. The fourth-order valence-corrected chi connectivity index (χ4v) is 5.25. The first-order valence-corrected chi connectivity index (χ1v) is 12.4. The molecule has 3 aromatic rings. The SMILES string of the molecule is COc1c2c(cc3c1[C@@H](C#CCNc1ccc(Sc4ccc([N+](=O)[O-])cc4)cc1)[NH+](C)CC3)OCO2. The molecule has 9 heteroatoms. The Morgan fingerprint density at radius 3 is 2.58 bits per heavy atom. The molecule has 2 N–H and O–H groups in total. The Balaban J connectivity index is 1.23. The van der Waals surface area contributed by atoms with Crippen molar-refractivity contribution in [2.45, 2.75) is 22.3 Å². The van der Waals surface area contributed by atoms with Gasteiger partial charge in [-0.25, -0.2) is 0 Å². The van der Waals surface area contributed by atoms with E-state index in [9.17, 15) is 10.1 Å². The summed E-state index contributed by atoms with van der Waals surface area (Å²) in [6.45, 7) is 1.71. The second-order valence-electron chi connectivity index (χ2n) is 8.55. The minimum absolute atomic E-state index is 0.0135. The van der Waals surface area contributed by atoms with Gasteiger partial charge < -0.3 is 24.4 Å². The number of nitrogens with zero attached hydrogens (tertiary/aromatic N) is 1. The number of hydrogen-bond donors (Lipinski definition) is 2. The van der Waals surface area contributed by atoms with E-state index in [-0.39, 0.29) is 18.5 Å². The lowest BCUT2D eigenvalue weighted by molar-refractivity contribution is -0.905. The normalized spacial score (nSPS) is 17.5. The topological polar surface area (TPSA) is 87.3 Å². The van der Waals surface area contributed by atoms with Gasteiger partial charge in [0.2, 0.25) is 12.5 Å². The van der Waals surface area contributed by atoms with Crippen LogP contribution in [0, 0.1) is 22.0 Å². The molecule has 0 aliphatic carbocycles. The van der Waals surface area contributed by atoms with Gasteiger partial charge in [0.1, 0.15) is 0 Å². The zero-order valence-corrected chi connectivity index (χ0v) is 20.8. The van der Waals surface area contributed by atoms with E-state index < -0.39 is 4.92 Å². The molecule has 0 amide bonds. The third-order valence-electron chi connectivity index (χ3n) is 6.28. The fourth-order valence-electron chi connectivity index (χ4n) is 4.43. The molecule has 3 aromatic carbocycles. The van der Waals surface area contributed by atoms with Gasteiger partial charge in [-0.2, -0.15) is 0 Å². The molecule has 0 radical (unpaired) electrons. The number of fused-ring (bicyclic) bond motifs is 2. The average Bonchev–Trinajstić information content (AvgIpc) is 3.36. The fraction of sp³-hybridized carbons (Fsp3) is 0.259. The van der Waals surface area contributed by atoms with E-state index in [1.54, 1.807) is 31.0 Å². The first-order chi connectivity index (χ1) is 17.5. The van der Waals surface area contributed by atoms with Crippen LogP contribution in [0.25, 0.3) is 0 Å². The van der Waals surface area contributed by atoms with E-state index in [1.165, 1.54) is 22.6 Å². The molecule has 2 aliphatic rings. The number of ether oxygens (including phenoxy) is 3. The van der Waals surface area contributed by atoms with Crippen molar-refractivity contribution >= 4 is 23.1 Å². The number of hydrogen-bond acceptors (Lipinski definition) is 7. The van der Waals surface area contributed by atoms with Gasteiger partial charge in [0, 0.05) is 34.0 Å². The largest absolute Gasteiger partial charge is 0.492 e. The van der Waals surface area contributed by atoms with Gasteiger partial charge in [-0.15, -0.1) is 0 Å². The molecule has 0 spiro atoms. The Morgan fingerprint density at radius 1 is 1.17 bits per heavy atom. The average molecular weight is 505 g/mol. The lowest BCUT2D eigenvalue weighted by Crippen LogP contribution is -3.10. The molecule has 0 bridgehead atoms. The van der Waals surface area contributed by atoms with E-state index in [0.717, 1.165) is 45.5 Å². The van der Waals surface area contributed by atoms with Crippen LogP contribution in [-0.4, -0.2) is 39.0 Å². The van der Waals surface area contributed by atoms with E-state index in [2.05, 4.69) is 30.3 Å². The number of nitrogens with one attached hydrogen (secondary N) is 2. The number of nitro groups is 1. The molecule has 0 saturated carbocycles. The summed E-state index contributed by atoms with van der Waals surface area (Å²) in [5, 5.41) is 14.2. The molecule has 1 unspecified atom stereocenters. The summed E-state index contributed by atoms with van der Waals surface area (Å²) in [5.74, 6) is 8.88. The molecular weight excluding hydrogens is 478 g/mol. The van der Waals surface area contributed by atoms with Crippen LogP contribution in [0.4, 0.5) is 11.4 Å². The van der Waals surface area contributed by atoms with Crippen LogP contribution in [0.1, 0.15) is 17.2 Å². The van der Waals surface area contributed by atoms with Crippen LogP contribution in [0.3, 0.4) is 0 Å². The number of benzene rings is 3. The van der Waals surface area contributed by atoms with Crippen LogP contribution in [-0.2, 0) is 6.42 Å². The number of non-ortho nitro benzene ring substituents is 1. The number of likely N-dealkylation sites (N-methyl/N-ethyl adjacent to an activating group) is 1. The molecule has 5 rings (SSSR count). The van der Waals surface area contributed by atoms with E-state index in [4.69, 9.17) is 14.2 Å². The molecule has 8 nitrogen and oxygen atoms in total. The number of rotatable bonds is 6. The van der Waals surface area contributed by atoms with Crippen molar-refractivity contribution in [2.75, 3.05) is 39.4 Å². The van der Waals surface area contributed by atoms with Crippen LogP contribution in [0.15, 0.2) is 64.4 Å². The zero-order valence-electron chi connectivity index (χ0n) is 20.0. The van der Waals surface area contributed by atoms with Crippen molar-refractivity contribution < 1.29 is 24.0 Å². The molecule has 2 atom stereocenters. The maximum atomic E-state index is 10.8. The summed E-state index contributed by atoms with van der Waals surface area (Å²) >= 11 is 1.56. The predicted molar refractivity (Wildman–Crippen MR) is 137 cm³/mol. The highest BCUT2D eigenvalue weighted by atomic mass is 32.2. The highest BCUT2D eigenvalue weighted by Gasteiger charge is 2.35. The van der Waals surface area contributed by atoms with Gasteiger partial charge in [-0.1, -0.05) is 17.7 Å². The quantitative estimate of drug-likeness (QED) is 0.301. The monoisotopic (exact) mass is 504 g/mol. The van der Waals surface area contributed by atoms with Crippen LogP contribution >= 0.6 is 11.8 Å². The molecular formula is C27H26N3O5S+. The zero-order chi connectivity index (χ0) is 25.1. The van der Waals surface area contributed by atoms with Gasteiger partial charge in [-0.3, -0.25) is 10.1 Å². The summed E-state index contributed by atoms with van der Waals surface area (Å²) < 4.78 is 17.0.